The van der Waals surface area contributed by atoms with Crippen molar-refractivity contribution in [2.75, 3.05) is 25.6 Å². The molecule has 0 saturated heterocycles. The second kappa shape index (κ2) is 6.49. The molecule has 0 heterocycles. The fourth-order valence-corrected chi connectivity index (χ4v) is 1.37. The molecule has 0 aliphatic rings. The van der Waals surface area contributed by atoms with Crippen molar-refractivity contribution in [1.29, 1.82) is 0 Å². The molecular weight excluding hydrogens is 247 g/mol. The summed E-state index contributed by atoms with van der Waals surface area (Å²) in [7, 11) is 0. The average molecular weight is 263 g/mol. The van der Waals surface area contributed by atoms with Crippen molar-refractivity contribution in [3.63, 3.8) is 0 Å². The van der Waals surface area contributed by atoms with Crippen LogP contribution in [0.25, 0.3) is 0 Å². The van der Waals surface area contributed by atoms with Gasteiger partial charge in [-0.25, -0.2) is 0 Å². The monoisotopic (exact) mass is 263 g/mol. The molecule has 1 rings (SSSR count). The van der Waals surface area contributed by atoms with Gasteiger partial charge >= 0.3 is 6.18 Å². The highest BCUT2D eigenvalue weighted by molar-refractivity contribution is 5.47. The van der Waals surface area contributed by atoms with E-state index in [0.717, 1.165) is 5.56 Å². The SMILES string of the molecule is Cc1cc(N)ccc1OCCCOCC(F)(F)F. The molecule has 1 aromatic rings. The summed E-state index contributed by atoms with van der Waals surface area (Å²) in [6.07, 6.45) is -3.87. The lowest BCUT2D eigenvalue weighted by Gasteiger charge is -2.10. The summed E-state index contributed by atoms with van der Waals surface area (Å²) < 4.78 is 45.1. The number of anilines is 1. The third-order valence-corrected chi connectivity index (χ3v) is 2.16. The summed E-state index contributed by atoms with van der Waals surface area (Å²) >= 11 is 0. The summed E-state index contributed by atoms with van der Waals surface area (Å²) in [6.45, 7) is 0.968. The average Bonchev–Trinajstić information content (AvgIpc) is 2.24. The smallest absolute Gasteiger partial charge is 0.411 e. The van der Waals surface area contributed by atoms with Crippen LogP contribution in [-0.2, 0) is 4.74 Å². The highest BCUT2D eigenvalue weighted by atomic mass is 19.4. The minimum Gasteiger partial charge on any atom is -0.493 e. The van der Waals surface area contributed by atoms with E-state index in [9.17, 15) is 13.2 Å². The molecule has 0 atom stereocenters. The minimum atomic E-state index is -4.27. The second-order valence-electron chi connectivity index (χ2n) is 3.89. The van der Waals surface area contributed by atoms with Crippen LogP contribution in [-0.4, -0.2) is 26.0 Å². The summed E-state index contributed by atoms with van der Waals surface area (Å²) in [6, 6.07) is 5.22. The number of rotatable bonds is 6. The van der Waals surface area contributed by atoms with E-state index in [-0.39, 0.29) is 6.61 Å². The van der Waals surface area contributed by atoms with Gasteiger partial charge < -0.3 is 15.2 Å². The molecule has 6 heteroatoms. The Kier molecular flexibility index (Phi) is 5.27. The van der Waals surface area contributed by atoms with Gasteiger partial charge in [0.2, 0.25) is 0 Å². The molecule has 3 nitrogen and oxygen atoms in total. The number of nitrogens with two attached hydrogens (primary N) is 1. The first kappa shape index (κ1) is 14.6. The lowest BCUT2D eigenvalue weighted by molar-refractivity contribution is -0.174. The molecule has 0 spiro atoms. The van der Waals surface area contributed by atoms with Gasteiger partial charge in [-0.2, -0.15) is 13.2 Å². The Hall–Kier alpha value is -1.43. The highest BCUT2D eigenvalue weighted by Gasteiger charge is 2.27. The van der Waals surface area contributed by atoms with Gasteiger partial charge in [-0.15, -0.1) is 0 Å². The summed E-state index contributed by atoms with van der Waals surface area (Å²) in [5.74, 6) is 0.681. The first-order valence-electron chi connectivity index (χ1n) is 5.52. The topological polar surface area (TPSA) is 44.5 Å². The molecule has 0 radical (unpaired) electrons. The van der Waals surface area contributed by atoms with Crippen LogP contribution in [0.4, 0.5) is 18.9 Å². The van der Waals surface area contributed by atoms with Crippen molar-refractivity contribution in [3.8, 4) is 5.75 Å². The van der Waals surface area contributed by atoms with Crippen LogP contribution in [0.3, 0.4) is 0 Å². The largest absolute Gasteiger partial charge is 0.493 e. The number of hydrogen-bond acceptors (Lipinski definition) is 3. The van der Waals surface area contributed by atoms with Crippen LogP contribution < -0.4 is 10.5 Å². The number of nitrogen functional groups attached to an aromatic ring is 1. The molecule has 18 heavy (non-hydrogen) atoms. The van der Waals surface area contributed by atoms with Crippen molar-refractivity contribution in [1.82, 2.24) is 0 Å². The number of benzene rings is 1. The Morgan fingerprint density at radius 3 is 2.56 bits per heavy atom. The van der Waals surface area contributed by atoms with Crippen LogP contribution in [0, 0.1) is 6.92 Å². The minimum absolute atomic E-state index is 0.0214. The molecule has 102 valence electrons. The fourth-order valence-electron chi connectivity index (χ4n) is 1.37. The molecule has 0 aliphatic heterocycles. The summed E-state index contributed by atoms with van der Waals surface area (Å²) in [4.78, 5) is 0. The Morgan fingerprint density at radius 1 is 1.22 bits per heavy atom. The zero-order valence-corrected chi connectivity index (χ0v) is 10.1. The van der Waals surface area contributed by atoms with E-state index >= 15 is 0 Å². The number of halogens is 3. The first-order valence-corrected chi connectivity index (χ1v) is 5.52. The maximum Gasteiger partial charge on any atom is 0.411 e. The van der Waals surface area contributed by atoms with Crippen LogP contribution in [0.15, 0.2) is 18.2 Å². The summed E-state index contributed by atoms with van der Waals surface area (Å²) in [5, 5.41) is 0. The Bertz CT molecular complexity index is 380. The van der Waals surface area contributed by atoms with Gasteiger partial charge in [0, 0.05) is 12.1 Å². The van der Waals surface area contributed by atoms with Crippen LogP contribution in [0.5, 0.6) is 5.75 Å². The highest BCUT2D eigenvalue weighted by Crippen LogP contribution is 2.20. The van der Waals surface area contributed by atoms with E-state index in [0.29, 0.717) is 24.5 Å². The van der Waals surface area contributed by atoms with Gasteiger partial charge in [0.05, 0.1) is 13.2 Å². The zero-order chi connectivity index (χ0) is 13.6. The van der Waals surface area contributed by atoms with Crippen molar-refractivity contribution in [2.24, 2.45) is 0 Å². The number of hydrogen-bond donors (Lipinski definition) is 1. The predicted octanol–water partition coefficient (Wildman–Crippen LogP) is 2.93. The number of aryl methyl sites for hydroxylation is 1. The van der Waals surface area contributed by atoms with Gasteiger partial charge in [-0.05, 0) is 30.7 Å². The normalized spacial score (nSPS) is 11.6. The van der Waals surface area contributed by atoms with Crippen molar-refractivity contribution < 1.29 is 22.6 Å². The molecule has 0 bridgehead atoms. The van der Waals surface area contributed by atoms with Crippen molar-refractivity contribution in [3.05, 3.63) is 23.8 Å². The van der Waals surface area contributed by atoms with Gasteiger partial charge in [-0.1, -0.05) is 0 Å². The Morgan fingerprint density at radius 2 is 1.94 bits per heavy atom. The third-order valence-electron chi connectivity index (χ3n) is 2.16. The van der Waals surface area contributed by atoms with Crippen molar-refractivity contribution >= 4 is 5.69 Å². The lowest BCUT2D eigenvalue weighted by atomic mass is 10.2. The molecule has 0 fully saturated rings. The molecule has 0 aromatic heterocycles. The molecule has 0 amide bonds. The van der Waals surface area contributed by atoms with Gasteiger partial charge in [-0.3, -0.25) is 0 Å². The summed E-state index contributed by atoms with van der Waals surface area (Å²) in [5.41, 5.74) is 7.12. The van der Waals surface area contributed by atoms with E-state index < -0.39 is 12.8 Å². The molecule has 1 aromatic carbocycles. The molecule has 0 aliphatic carbocycles. The molecule has 0 unspecified atom stereocenters. The zero-order valence-electron chi connectivity index (χ0n) is 10.1. The van der Waals surface area contributed by atoms with E-state index in [1.54, 1.807) is 18.2 Å². The third kappa shape index (κ3) is 5.77. The fraction of sp³-hybridized carbons (Fsp3) is 0.500. The maximum atomic E-state index is 11.8. The standard InChI is InChI=1S/C12H16F3NO2/c1-9-7-10(16)3-4-11(9)18-6-2-5-17-8-12(13,14)15/h3-4,7H,2,5-6,8,16H2,1H3. The Balaban J connectivity index is 2.18. The first-order chi connectivity index (χ1) is 8.38. The van der Waals surface area contributed by atoms with Gasteiger partial charge in [0.25, 0.3) is 0 Å². The van der Waals surface area contributed by atoms with Crippen LogP contribution >= 0.6 is 0 Å². The van der Waals surface area contributed by atoms with Gasteiger partial charge in [0.15, 0.2) is 0 Å². The lowest BCUT2D eigenvalue weighted by Crippen LogP contribution is -2.18. The molecular formula is C12H16F3NO2. The van der Waals surface area contributed by atoms with Gasteiger partial charge in [0.1, 0.15) is 12.4 Å². The van der Waals surface area contributed by atoms with Crippen molar-refractivity contribution in [2.45, 2.75) is 19.5 Å². The maximum absolute atomic E-state index is 11.8. The second-order valence-corrected chi connectivity index (χ2v) is 3.89. The van der Waals surface area contributed by atoms with Crippen LogP contribution in [0.2, 0.25) is 0 Å². The van der Waals surface area contributed by atoms with E-state index in [2.05, 4.69) is 4.74 Å². The molecule has 0 saturated carbocycles. The predicted molar refractivity (Wildman–Crippen MR) is 62.6 cm³/mol. The quantitative estimate of drug-likeness (QED) is 0.634. The van der Waals surface area contributed by atoms with E-state index in [1.807, 2.05) is 6.92 Å². The molecule has 2 N–H and O–H groups in total. The Labute approximate surface area is 104 Å². The van der Waals surface area contributed by atoms with Crippen LogP contribution in [0.1, 0.15) is 12.0 Å². The van der Waals surface area contributed by atoms with E-state index in [4.69, 9.17) is 10.5 Å². The van der Waals surface area contributed by atoms with E-state index in [1.165, 1.54) is 0 Å². The number of alkyl halides is 3. The number of ether oxygens (including phenoxy) is 2.